The van der Waals surface area contributed by atoms with Gasteiger partial charge in [0, 0.05) is 29.0 Å². The molecule has 0 saturated heterocycles. The van der Waals surface area contributed by atoms with E-state index in [1.54, 1.807) is 37.1 Å². The first-order chi connectivity index (χ1) is 13.3. The van der Waals surface area contributed by atoms with E-state index in [4.69, 9.17) is 4.74 Å². The lowest BCUT2D eigenvalue weighted by Crippen LogP contribution is -2.13. The fraction of sp³-hybridized carbons (Fsp3) is 0.190. The minimum atomic E-state index is -0.141. The number of carbonyl (C=O) groups excluding carboxylic acids is 1. The van der Waals surface area contributed by atoms with Crippen LogP contribution >= 0.6 is 11.3 Å². The molecule has 0 fully saturated rings. The summed E-state index contributed by atoms with van der Waals surface area (Å²) in [5, 5.41) is 3.73. The maximum atomic E-state index is 13.1. The Kier molecular flexibility index (Phi) is 4.98. The first-order valence-electron chi connectivity index (χ1n) is 8.79. The summed E-state index contributed by atoms with van der Waals surface area (Å²) in [6.07, 6.45) is 8.25. The summed E-state index contributed by atoms with van der Waals surface area (Å²) in [6.45, 7) is 0. The molecule has 0 saturated carbocycles. The van der Waals surface area contributed by atoms with Crippen molar-refractivity contribution < 1.29 is 9.53 Å². The molecule has 0 bridgehead atoms. The van der Waals surface area contributed by atoms with Gasteiger partial charge in [-0.1, -0.05) is 18.2 Å². The van der Waals surface area contributed by atoms with Crippen LogP contribution in [-0.2, 0) is 12.8 Å². The highest BCUT2D eigenvalue weighted by atomic mass is 32.1. The second kappa shape index (κ2) is 7.72. The lowest BCUT2D eigenvalue weighted by molar-refractivity contribution is 0.102. The zero-order valence-electron chi connectivity index (χ0n) is 14.9. The Hall–Kier alpha value is -2.99. The van der Waals surface area contributed by atoms with E-state index < -0.39 is 0 Å². The van der Waals surface area contributed by atoms with Crippen LogP contribution in [-0.4, -0.2) is 24.2 Å². The molecule has 2 heterocycles. The molecule has 27 heavy (non-hydrogen) atoms. The predicted molar refractivity (Wildman–Crippen MR) is 109 cm³/mol. The standard InChI is InChI=1S/C21H19N3O2S/c1-26-17-9-3-2-8-16(17)24-20(25)19-15-7-4-10-18(15)27-21(19)23-13-14-6-5-11-22-12-14/h2-3,5-6,8-9,11-13H,4,7,10H2,1H3,(H,24,25). The summed E-state index contributed by atoms with van der Waals surface area (Å²) in [4.78, 5) is 23.1. The monoisotopic (exact) mass is 377 g/mol. The Labute approximate surface area is 161 Å². The molecule has 3 aromatic rings. The zero-order chi connectivity index (χ0) is 18.6. The van der Waals surface area contributed by atoms with Crippen molar-refractivity contribution in [2.24, 2.45) is 4.99 Å². The maximum absolute atomic E-state index is 13.1. The molecule has 5 nitrogen and oxygen atoms in total. The van der Waals surface area contributed by atoms with Gasteiger partial charge >= 0.3 is 0 Å². The number of hydrogen-bond donors (Lipinski definition) is 1. The van der Waals surface area contributed by atoms with Gasteiger partial charge in [0.05, 0.1) is 18.4 Å². The number of benzene rings is 1. The summed E-state index contributed by atoms with van der Waals surface area (Å²) >= 11 is 1.61. The van der Waals surface area contributed by atoms with Gasteiger partial charge in [0.2, 0.25) is 0 Å². The highest BCUT2D eigenvalue weighted by Crippen LogP contribution is 2.41. The number of hydrogen-bond acceptors (Lipinski definition) is 5. The number of thiophene rings is 1. The number of methoxy groups -OCH3 is 1. The summed E-state index contributed by atoms with van der Waals surface area (Å²) in [7, 11) is 1.59. The van der Waals surface area contributed by atoms with Crippen molar-refractivity contribution in [2.75, 3.05) is 12.4 Å². The van der Waals surface area contributed by atoms with Gasteiger partial charge in [-0.25, -0.2) is 4.99 Å². The summed E-state index contributed by atoms with van der Waals surface area (Å²) in [5.41, 5.74) is 3.37. The van der Waals surface area contributed by atoms with Gasteiger partial charge in [0.25, 0.3) is 5.91 Å². The highest BCUT2D eigenvalue weighted by molar-refractivity contribution is 7.16. The number of nitrogens with one attached hydrogen (secondary N) is 1. The number of amides is 1. The molecular weight excluding hydrogens is 358 g/mol. The quantitative estimate of drug-likeness (QED) is 0.659. The normalized spacial score (nSPS) is 12.9. The molecule has 0 aliphatic heterocycles. The number of ether oxygens (including phenoxy) is 1. The van der Waals surface area contributed by atoms with Crippen LogP contribution in [0.3, 0.4) is 0 Å². The van der Waals surface area contributed by atoms with E-state index in [9.17, 15) is 4.79 Å². The number of pyridine rings is 1. The van der Waals surface area contributed by atoms with Crippen molar-refractivity contribution >= 4 is 34.1 Å². The van der Waals surface area contributed by atoms with E-state index >= 15 is 0 Å². The van der Waals surface area contributed by atoms with E-state index in [-0.39, 0.29) is 5.91 Å². The van der Waals surface area contributed by atoms with Gasteiger partial charge in [-0.3, -0.25) is 9.78 Å². The molecule has 1 amide bonds. The van der Waals surface area contributed by atoms with Crippen molar-refractivity contribution in [3.8, 4) is 5.75 Å². The lowest BCUT2D eigenvalue weighted by Gasteiger charge is -2.10. The fourth-order valence-electron chi connectivity index (χ4n) is 3.23. The Morgan fingerprint density at radius 2 is 2.15 bits per heavy atom. The zero-order valence-corrected chi connectivity index (χ0v) is 15.8. The number of aliphatic imine (C=N–C) groups is 1. The van der Waals surface area contributed by atoms with Gasteiger partial charge in [-0.05, 0) is 43.0 Å². The van der Waals surface area contributed by atoms with Crippen LogP contribution < -0.4 is 10.1 Å². The molecule has 0 spiro atoms. The van der Waals surface area contributed by atoms with Crippen LogP contribution in [0.4, 0.5) is 10.7 Å². The fourth-order valence-corrected chi connectivity index (χ4v) is 4.46. The molecule has 0 atom stereocenters. The summed E-state index contributed by atoms with van der Waals surface area (Å²) in [6, 6.07) is 11.2. The Morgan fingerprint density at radius 3 is 2.96 bits per heavy atom. The van der Waals surface area contributed by atoms with Gasteiger partial charge in [-0.2, -0.15) is 0 Å². The van der Waals surface area contributed by atoms with Crippen molar-refractivity contribution in [3.63, 3.8) is 0 Å². The number of rotatable bonds is 5. The first-order valence-corrected chi connectivity index (χ1v) is 9.61. The molecular formula is C21H19N3O2S. The minimum Gasteiger partial charge on any atom is -0.495 e. The van der Waals surface area contributed by atoms with Crippen molar-refractivity contribution in [1.82, 2.24) is 4.98 Å². The molecule has 1 aromatic carbocycles. The van der Waals surface area contributed by atoms with Crippen molar-refractivity contribution in [1.29, 1.82) is 0 Å². The Bertz CT molecular complexity index is 996. The van der Waals surface area contributed by atoms with E-state index in [0.717, 1.165) is 35.4 Å². The van der Waals surface area contributed by atoms with Crippen LogP contribution in [0.1, 0.15) is 32.8 Å². The molecule has 1 aliphatic carbocycles. The van der Waals surface area contributed by atoms with Crippen molar-refractivity contribution in [2.45, 2.75) is 19.3 Å². The molecule has 0 unspecified atom stereocenters. The molecule has 1 aliphatic rings. The molecule has 6 heteroatoms. The number of nitrogens with zero attached hydrogens (tertiary/aromatic N) is 2. The Morgan fingerprint density at radius 1 is 1.26 bits per heavy atom. The van der Waals surface area contributed by atoms with E-state index in [0.29, 0.717) is 17.0 Å². The number of aryl methyl sites for hydroxylation is 1. The van der Waals surface area contributed by atoms with E-state index in [1.165, 1.54) is 4.88 Å². The SMILES string of the molecule is COc1ccccc1NC(=O)c1c(N=Cc2cccnc2)sc2c1CCC2. The topological polar surface area (TPSA) is 63.6 Å². The predicted octanol–water partition coefficient (Wildman–Crippen LogP) is 4.64. The number of anilines is 1. The minimum absolute atomic E-state index is 0.141. The molecule has 4 rings (SSSR count). The van der Waals surface area contributed by atoms with E-state index in [2.05, 4.69) is 15.3 Å². The average Bonchev–Trinajstić information content (AvgIpc) is 3.28. The van der Waals surface area contributed by atoms with Crippen LogP contribution in [0.2, 0.25) is 0 Å². The molecule has 1 N–H and O–H groups in total. The maximum Gasteiger partial charge on any atom is 0.259 e. The molecule has 136 valence electrons. The van der Waals surface area contributed by atoms with E-state index in [1.807, 2.05) is 36.4 Å². The molecule has 2 aromatic heterocycles. The summed E-state index contributed by atoms with van der Waals surface area (Å²) < 4.78 is 5.34. The summed E-state index contributed by atoms with van der Waals surface area (Å²) in [5.74, 6) is 0.496. The smallest absolute Gasteiger partial charge is 0.259 e. The second-order valence-electron chi connectivity index (χ2n) is 6.24. The number of para-hydroxylation sites is 2. The number of aromatic nitrogens is 1. The second-order valence-corrected chi connectivity index (χ2v) is 7.32. The molecule has 0 radical (unpaired) electrons. The first kappa shape index (κ1) is 17.4. The number of fused-ring (bicyclic) bond motifs is 1. The van der Waals surface area contributed by atoms with Crippen LogP contribution in [0.5, 0.6) is 5.75 Å². The van der Waals surface area contributed by atoms with Crippen LogP contribution in [0.15, 0.2) is 53.8 Å². The van der Waals surface area contributed by atoms with Gasteiger partial charge < -0.3 is 10.1 Å². The van der Waals surface area contributed by atoms with Crippen molar-refractivity contribution in [3.05, 3.63) is 70.4 Å². The third kappa shape index (κ3) is 3.61. The van der Waals surface area contributed by atoms with Crippen LogP contribution in [0.25, 0.3) is 0 Å². The largest absolute Gasteiger partial charge is 0.495 e. The Balaban J connectivity index is 1.67. The third-order valence-corrected chi connectivity index (χ3v) is 5.70. The lowest BCUT2D eigenvalue weighted by atomic mass is 10.1. The van der Waals surface area contributed by atoms with Gasteiger partial charge in [0.1, 0.15) is 10.8 Å². The van der Waals surface area contributed by atoms with Crippen LogP contribution in [0, 0.1) is 0 Å². The van der Waals surface area contributed by atoms with Gasteiger partial charge in [0.15, 0.2) is 0 Å². The number of carbonyl (C=O) groups is 1. The highest BCUT2D eigenvalue weighted by Gasteiger charge is 2.26. The average molecular weight is 377 g/mol. The van der Waals surface area contributed by atoms with Gasteiger partial charge in [-0.15, -0.1) is 11.3 Å². The third-order valence-electron chi connectivity index (χ3n) is 4.50.